The second-order valence-corrected chi connectivity index (χ2v) is 7.53. The van der Waals surface area contributed by atoms with Gasteiger partial charge in [-0.15, -0.1) is 6.58 Å². The minimum atomic E-state index is -2.27. The van der Waals surface area contributed by atoms with Crippen LogP contribution >= 0.6 is 0 Å². The van der Waals surface area contributed by atoms with E-state index in [-0.39, 0.29) is 26.2 Å². The van der Waals surface area contributed by atoms with E-state index in [9.17, 15) is 30.0 Å². The first-order valence-electron chi connectivity index (χ1n) is 8.64. The Labute approximate surface area is 158 Å². The number of hydrogen-bond acceptors (Lipinski definition) is 8. The molecule has 1 fully saturated rings. The molecule has 10 nitrogen and oxygen atoms in total. The van der Waals surface area contributed by atoms with E-state index in [0.29, 0.717) is 0 Å². The molecular weight excluding hydrogens is 360 g/mol. The van der Waals surface area contributed by atoms with Crippen molar-refractivity contribution in [2.45, 2.75) is 50.3 Å². The van der Waals surface area contributed by atoms with Crippen molar-refractivity contribution in [3.05, 3.63) is 12.7 Å². The summed E-state index contributed by atoms with van der Waals surface area (Å²) in [4.78, 5) is 27.0. The van der Waals surface area contributed by atoms with Crippen LogP contribution in [0.2, 0.25) is 0 Å². The van der Waals surface area contributed by atoms with Crippen LogP contribution in [-0.4, -0.2) is 110 Å². The number of aliphatic hydroxyl groups is 5. The molecule has 1 aliphatic rings. The quantitative estimate of drug-likeness (QED) is 0.329. The molecule has 2 amide bonds. The molecule has 0 aromatic rings. The molecule has 0 saturated carbocycles. The number of amides is 2. The number of piperazine rings is 1. The van der Waals surface area contributed by atoms with Gasteiger partial charge in [-0.25, -0.2) is 4.79 Å². The fraction of sp³-hybridized carbons (Fsp3) is 0.765. The molecule has 0 aliphatic carbocycles. The summed E-state index contributed by atoms with van der Waals surface area (Å²) in [5.74, 6) is -0.866. The zero-order chi connectivity index (χ0) is 21.0. The van der Waals surface area contributed by atoms with Gasteiger partial charge in [0.2, 0.25) is 0 Å². The Morgan fingerprint density at radius 3 is 2.00 bits per heavy atom. The summed E-state index contributed by atoms with van der Waals surface area (Å²) in [5.41, 5.74) is -2.91. The van der Waals surface area contributed by atoms with Crippen LogP contribution < -0.4 is 0 Å². The second kappa shape index (κ2) is 8.98. The van der Waals surface area contributed by atoms with Crippen molar-refractivity contribution in [1.29, 1.82) is 0 Å². The minimum absolute atomic E-state index is 0.101. The Kier molecular flexibility index (Phi) is 7.76. The Hall–Kier alpha value is -1.72. The summed E-state index contributed by atoms with van der Waals surface area (Å²) < 4.78 is 5.25. The third-order valence-corrected chi connectivity index (χ3v) is 4.26. The molecule has 156 valence electrons. The monoisotopic (exact) mass is 390 g/mol. The Bertz CT molecular complexity index is 542. The number of nitrogens with zero attached hydrogens (tertiary/aromatic N) is 2. The SMILES string of the molecule is C=CC(O)(CO)[C@@H](O)[C@H](O)[C@@H](O)C(=O)N1CCN(C(=O)OC(C)(C)C)CC1. The molecule has 0 radical (unpaired) electrons. The lowest BCUT2D eigenvalue weighted by Crippen LogP contribution is -2.59. The van der Waals surface area contributed by atoms with Crippen molar-refractivity contribution in [3.63, 3.8) is 0 Å². The van der Waals surface area contributed by atoms with Crippen molar-refractivity contribution in [1.82, 2.24) is 9.80 Å². The number of rotatable bonds is 6. The van der Waals surface area contributed by atoms with Gasteiger partial charge in [-0.3, -0.25) is 4.79 Å². The van der Waals surface area contributed by atoms with Crippen LogP contribution in [0.4, 0.5) is 4.79 Å². The highest BCUT2D eigenvalue weighted by molar-refractivity contribution is 5.81. The molecule has 1 rings (SSSR count). The van der Waals surface area contributed by atoms with E-state index in [1.54, 1.807) is 20.8 Å². The highest BCUT2D eigenvalue weighted by Gasteiger charge is 2.43. The maximum atomic E-state index is 12.4. The molecule has 1 heterocycles. The zero-order valence-electron chi connectivity index (χ0n) is 15.9. The summed E-state index contributed by atoms with van der Waals surface area (Å²) in [6.07, 6.45) is -5.79. The van der Waals surface area contributed by atoms with Crippen LogP contribution in [0, 0.1) is 0 Å². The van der Waals surface area contributed by atoms with E-state index in [1.165, 1.54) is 9.80 Å². The van der Waals surface area contributed by atoms with Crippen molar-refractivity contribution >= 4 is 12.0 Å². The lowest BCUT2D eigenvalue weighted by atomic mass is 9.90. The molecule has 4 atom stereocenters. The van der Waals surface area contributed by atoms with E-state index in [2.05, 4.69) is 6.58 Å². The molecule has 1 saturated heterocycles. The average molecular weight is 390 g/mol. The molecule has 0 spiro atoms. The molecule has 1 unspecified atom stereocenters. The average Bonchev–Trinajstić information content (AvgIpc) is 2.63. The number of carbonyl (C=O) groups excluding carboxylic acids is 2. The van der Waals surface area contributed by atoms with Crippen LogP contribution in [0.15, 0.2) is 12.7 Å². The summed E-state index contributed by atoms with van der Waals surface area (Å²) in [5, 5.41) is 49.0. The number of ether oxygens (including phenoxy) is 1. The fourth-order valence-electron chi connectivity index (χ4n) is 2.52. The molecule has 27 heavy (non-hydrogen) atoms. The predicted molar refractivity (Wildman–Crippen MR) is 94.6 cm³/mol. The van der Waals surface area contributed by atoms with Gasteiger partial charge in [0.05, 0.1) is 6.61 Å². The molecule has 0 aromatic heterocycles. The van der Waals surface area contributed by atoms with Gasteiger partial charge in [0.25, 0.3) is 5.91 Å². The number of aliphatic hydroxyl groups excluding tert-OH is 4. The Morgan fingerprint density at radius 2 is 1.59 bits per heavy atom. The molecule has 0 aromatic carbocycles. The third-order valence-electron chi connectivity index (χ3n) is 4.26. The van der Waals surface area contributed by atoms with Gasteiger partial charge in [0, 0.05) is 26.2 Å². The topological polar surface area (TPSA) is 151 Å². The van der Waals surface area contributed by atoms with Gasteiger partial charge in [0.15, 0.2) is 6.10 Å². The Morgan fingerprint density at radius 1 is 1.11 bits per heavy atom. The standard InChI is InChI=1S/C17H30N2O8/c1-5-17(26,10-20)13(23)11(21)12(22)14(24)18-6-8-19(9-7-18)15(25)27-16(2,3)4/h5,11-13,20-23,26H,1,6-10H2,2-4H3/t11-,12-,13+,17?/m1/s1. The van der Waals surface area contributed by atoms with Gasteiger partial charge in [-0.1, -0.05) is 6.08 Å². The van der Waals surface area contributed by atoms with Crippen molar-refractivity contribution < 1.29 is 39.9 Å². The fourth-order valence-corrected chi connectivity index (χ4v) is 2.52. The lowest BCUT2D eigenvalue weighted by molar-refractivity contribution is -0.168. The van der Waals surface area contributed by atoms with Crippen LogP contribution in [0.3, 0.4) is 0 Å². The minimum Gasteiger partial charge on any atom is -0.444 e. The normalized spacial score (nSPS) is 21.0. The largest absolute Gasteiger partial charge is 0.444 e. The molecule has 10 heteroatoms. The third kappa shape index (κ3) is 5.88. The smallest absolute Gasteiger partial charge is 0.410 e. The first kappa shape index (κ1) is 23.3. The van der Waals surface area contributed by atoms with Crippen LogP contribution in [0.25, 0.3) is 0 Å². The van der Waals surface area contributed by atoms with E-state index in [4.69, 9.17) is 9.84 Å². The lowest BCUT2D eigenvalue weighted by Gasteiger charge is -2.38. The Balaban J connectivity index is 2.66. The predicted octanol–water partition coefficient (Wildman–Crippen LogP) is -1.94. The van der Waals surface area contributed by atoms with Gasteiger partial charge in [-0.2, -0.15) is 0 Å². The number of hydrogen-bond donors (Lipinski definition) is 5. The van der Waals surface area contributed by atoms with Crippen molar-refractivity contribution in [2.24, 2.45) is 0 Å². The maximum Gasteiger partial charge on any atom is 0.410 e. The first-order valence-corrected chi connectivity index (χ1v) is 8.64. The van der Waals surface area contributed by atoms with E-state index in [1.807, 2.05) is 0 Å². The number of carbonyl (C=O) groups is 2. The maximum absolute atomic E-state index is 12.4. The van der Waals surface area contributed by atoms with Crippen LogP contribution in [0.1, 0.15) is 20.8 Å². The summed E-state index contributed by atoms with van der Waals surface area (Å²) >= 11 is 0. The zero-order valence-corrected chi connectivity index (χ0v) is 15.9. The van der Waals surface area contributed by atoms with E-state index in [0.717, 1.165) is 6.08 Å². The second-order valence-electron chi connectivity index (χ2n) is 7.53. The van der Waals surface area contributed by atoms with Gasteiger partial charge < -0.3 is 40.1 Å². The van der Waals surface area contributed by atoms with Crippen LogP contribution in [-0.2, 0) is 9.53 Å². The van der Waals surface area contributed by atoms with Crippen LogP contribution in [0.5, 0.6) is 0 Å². The van der Waals surface area contributed by atoms with Crippen molar-refractivity contribution in [2.75, 3.05) is 32.8 Å². The molecule has 1 aliphatic heterocycles. The first-order chi connectivity index (χ1) is 12.4. The summed E-state index contributed by atoms with van der Waals surface area (Å²) in [7, 11) is 0. The van der Waals surface area contributed by atoms with E-state index >= 15 is 0 Å². The van der Waals surface area contributed by atoms with Crippen molar-refractivity contribution in [3.8, 4) is 0 Å². The highest BCUT2D eigenvalue weighted by atomic mass is 16.6. The highest BCUT2D eigenvalue weighted by Crippen LogP contribution is 2.19. The van der Waals surface area contributed by atoms with E-state index < -0.39 is 48.1 Å². The summed E-state index contributed by atoms with van der Waals surface area (Å²) in [6.45, 7) is 8.07. The summed E-state index contributed by atoms with van der Waals surface area (Å²) in [6, 6.07) is 0. The molecule has 0 bridgehead atoms. The van der Waals surface area contributed by atoms with Gasteiger partial charge in [-0.05, 0) is 20.8 Å². The van der Waals surface area contributed by atoms with Gasteiger partial charge in [0.1, 0.15) is 23.4 Å². The molecular formula is C17H30N2O8. The molecule has 5 N–H and O–H groups in total. The van der Waals surface area contributed by atoms with Gasteiger partial charge >= 0.3 is 6.09 Å².